The molecule has 0 aromatic heterocycles. The Bertz CT molecular complexity index is 222. The van der Waals surface area contributed by atoms with Crippen LogP contribution < -0.4 is 11.1 Å². The summed E-state index contributed by atoms with van der Waals surface area (Å²) < 4.78 is 0. The van der Waals surface area contributed by atoms with Crippen LogP contribution in [0.4, 0.5) is 0 Å². The van der Waals surface area contributed by atoms with Gasteiger partial charge in [-0.2, -0.15) is 0 Å². The van der Waals surface area contributed by atoms with Crippen molar-refractivity contribution >= 4 is 17.8 Å². The van der Waals surface area contributed by atoms with Crippen LogP contribution in [0.25, 0.3) is 0 Å². The first-order valence-electron chi connectivity index (χ1n) is 3.89. The molecule has 0 heterocycles. The third-order valence-corrected chi connectivity index (χ3v) is 1.48. The molecule has 80 valence electrons. The quantitative estimate of drug-likeness (QED) is 0.394. The van der Waals surface area contributed by atoms with Gasteiger partial charge in [0.05, 0.1) is 6.54 Å². The lowest BCUT2D eigenvalue weighted by Crippen LogP contribution is -2.40. The molecule has 0 radical (unpaired) electrons. The lowest BCUT2D eigenvalue weighted by molar-refractivity contribution is -0.140. The van der Waals surface area contributed by atoms with E-state index in [-0.39, 0.29) is 12.8 Å². The van der Waals surface area contributed by atoms with Gasteiger partial charge in [-0.1, -0.05) is 0 Å². The summed E-state index contributed by atoms with van der Waals surface area (Å²) in [7, 11) is 0. The molecule has 0 aromatic carbocycles. The van der Waals surface area contributed by atoms with Gasteiger partial charge in [0, 0.05) is 6.42 Å². The third-order valence-electron chi connectivity index (χ3n) is 1.48. The van der Waals surface area contributed by atoms with Gasteiger partial charge in [-0.3, -0.25) is 19.7 Å². The third kappa shape index (κ3) is 5.95. The average Bonchev–Trinajstić information content (AvgIpc) is 2.02. The van der Waals surface area contributed by atoms with Crippen molar-refractivity contribution in [1.82, 2.24) is 5.32 Å². The fraction of sp³-hybridized carbons (Fsp3) is 0.571. The molecule has 5 N–H and O–H groups in total. The van der Waals surface area contributed by atoms with Crippen LogP contribution in [0.3, 0.4) is 0 Å². The van der Waals surface area contributed by atoms with Gasteiger partial charge in [-0.05, 0) is 6.42 Å². The van der Waals surface area contributed by atoms with Gasteiger partial charge < -0.3 is 15.9 Å². The van der Waals surface area contributed by atoms with Gasteiger partial charge in [0.2, 0.25) is 5.91 Å². The van der Waals surface area contributed by atoms with Crippen LogP contribution in [-0.4, -0.2) is 40.6 Å². The molecular formula is C7H12N2O5. The van der Waals surface area contributed by atoms with Crippen molar-refractivity contribution < 1.29 is 24.6 Å². The van der Waals surface area contributed by atoms with E-state index in [4.69, 9.17) is 15.9 Å². The van der Waals surface area contributed by atoms with E-state index in [1.165, 1.54) is 0 Å². The maximum absolute atomic E-state index is 10.5. The molecule has 0 aromatic rings. The highest BCUT2D eigenvalue weighted by Gasteiger charge is 2.18. The maximum atomic E-state index is 10.5. The van der Waals surface area contributed by atoms with Crippen molar-refractivity contribution in [3.05, 3.63) is 0 Å². The molecule has 14 heavy (non-hydrogen) atoms. The minimum Gasteiger partial charge on any atom is -0.480 e. The van der Waals surface area contributed by atoms with Crippen molar-refractivity contribution in [3.8, 4) is 0 Å². The summed E-state index contributed by atoms with van der Waals surface area (Å²) >= 11 is 0. The molecule has 0 spiro atoms. The molecule has 1 amide bonds. The minimum atomic E-state index is -1.20. The Morgan fingerprint density at radius 1 is 1.29 bits per heavy atom. The van der Waals surface area contributed by atoms with Crippen LogP contribution in [0.5, 0.6) is 0 Å². The second-order valence-corrected chi connectivity index (χ2v) is 2.67. The Hall–Kier alpha value is -1.63. The van der Waals surface area contributed by atoms with Crippen LogP contribution >= 0.6 is 0 Å². The summed E-state index contributed by atoms with van der Waals surface area (Å²) in [6.45, 7) is -0.463. The Kier molecular flexibility index (Phi) is 5.23. The van der Waals surface area contributed by atoms with Crippen molar-refractivity contribution in [3.63, 3.8) is 0 Å². The van der Waals surface area contributed by atoms with Gasteiger partial charge in [0.15, 0.2) is 0 Å². The highest BCUT2D eigenvalue weighted by atomic mass is 16.4. The number of carbonyl (C=O) groups excluding carboxylic acids is 1. The number of nitrogens with two attached hydrogens (primary N) is 1. The second-order valence-electron chi connectivity index (χ2n) is 2.67. The first kappa shape index (κ1) is 12.4. The summed E-state index contributed by atoms with van der Waals surface area (Å²) in [6.07, 6.45) is -0.110. The molecule has 1 atom stereocenters. The Balaban J connectivity index is 3.96. The average molecular weight is 204 g/mol. The lowest BCUT2D eigenvalue weighted by atomic mass is 10.1. The van der Waals surface area contributed by atoms with E-state index >= 15 is 0 Å². The molecule has 7 nitrogen and oxygen atoms in total. The molecule has 0 rings (SSSR count). The Morgan fingerprint density at radius 2 is 1.86 bits per heavy atom. The molecule has 0 aliphatic rings. The molecule has 0 aliphatic heterocycles. The van der Waals surface area contributed by atoms with Crippen LogP contribution in [-0.2, 0) is 14.4 Å². The van der Waals surface area contributed by atoms with E-state index in [2.05, 4.69) is 5.32 Å². The summed E-state index contributed by atoms with van der Waals surface area (Å²) in [5.74, 6) is -2.98. The zero-order valence-electron chi connectivity index (χ0n) is 7.40. The second kappa shape index (κ2) is 5.92. The number of hydrogen-bond donors (Lipinski definition) is 4. The maximum Gasteiger partial charge on any atom is 0.320 e. The Morgan fingerprint density at radius 3 is 2.21 bits per heavy atom. The highest BCUT2D eigenvalue weighted by molar-refractivity contribution is 5.78. The van der Waals surface area contributed by atoms with E-state index in [0.29, 0.717) is 0 Å². The predicted molar refractivity (Wildman–Crippen MR) is 45.5 cm³/mol. The number of aliphatic carboxylic acids is 2. The summed E-state index contributed by atoms with van der Waals surface area (Å²) in [6, 6.07) is -1.06. The fourth-order valence-corrected chi connectivity index (χ4v) is 0.810. The van der Waals surface area contributed by atoms with Gasteiger partial charge >= 0.3 is 11.9 Å². The number of hydrogen-bond acceptors (Lipinski definition) is 4. The molecule has 0 fully saturated rings. The lowest BCUT2D eigenvalue weighted by Gasteiger charge is -2.11. The number of amides is 1. The van der Waals surface area contributed by atoms with E-state index in [0.717, 1.165) is 0 Å². The summed E-state index contributed by atoms with van der Waals surface area (Å²) in [4.78, 5) is 31.0. The van der Waals surface area contributed by atoms with E-state index in [9.17, 15) is 14.4 Å². The first-order valence-corrected chi connectivity index (χ1v) is 3.89. The SMILES string of the molecule is NC(=O)CC[C@H](NCC(=O)O)C(=O)O. The molecular weight excluding hydrogens is 192 g/mol. The van der Waals surface area contributed by atoms with Crippen molar-refractivity contribution in [2.24, 2.45) is 5.73 Å². The van der Waals surface area contributed by atoms with Gasteiger partial charge in [0.25, 0.3) is 0 Å². The fourth-order valence-electron chi connectivity index (χ4n) is 0.810. The van der Waals surface area contributed by atoms with E-state index in [1.54, 1.807) is 0 Å². The zero-order chi connectivity index (χ0) is 11.1. The smallest absolute Gasteiger partial charge is 0.320 e. The molecule has 7 heteroatoms. The number of carbonyl (C=O) groups is 3. The number of carboxylic acids is 2. The monoisotopic (exact) mass is 204 g/mol. The van der Waals surface area contributed by atoms with Crippen LogP contribution in [0, 0.1) is 0 Å². The molecule has 0 saturated carbocycles. The van der Waals surface area contributed by atoms with Gasteiger partial charge in [-0.25, -0.2) is 0 Å². The molecule has 0 unspecified atom stereocenters. The normalized spacial score (nSPS) is 12.0. The number of nitrogens with one attached hydrogen (secondary N) is 1. The zero-order valence-corrected chi connectivity index (χ0v) is 7.40. The first-order chi connectivity index (χ1) is 6.43. The van der Waals surface area contributed by atoms with E-state index in [1.807, 2.05) is 0 Å². The topological polar surface area (TPSA) is 130 Å². The molecule has 0 bridgehead atoms. The van der Waals surface area contributed by atoms with Gasteiger partial charge in [-0.15, -0.1) is 0 Å². The number of rotatable bonds is 7. The summed E-state index contributed by atoms with van der Waals surface area (Å²) in [5, 5.41) is 19.1. The van der Waals surface area contributed by atoms with Crippen LogP contribution in [0.2, 0.25) is 0 Å². The van der Waals surface area contributed by atoms with Crippen molar-refractivity contribution in [2.45, 2.75) is 18.9 Å². The van der Waals surface area contributed by atoms with Crippen LogP contribution in [0.1, 0.15) is 12.8 Å². The molecule has 0 saturated heterocycles. The molecule has 0 aliphatic carbocycles. The number of carboxylic acid groups (broad SMARTS) is 2. The standard InChI is InChI=1S/C7H12N2O5/c8-5(10)2-1-4(7(13)14)9-3-6(11)12/h4,9H,1-3H2,(H2,8,10)(H,11,12)(H,13,14)/t4-/m0/s1. The minimum absolute atomic E-state index is 0.0159. The van der Waals surface area contributed by atoms with E-state index < -0.39 is 30.4 Å². The predicted octanol–water partition coefficient (Wildman–Crippen LogP) is -1.62. The summed E-state index contributed by atoms with van der Waals surface area (Å²) in [5.41, 5.74) is 4.82. The van der Waals surface area contributed by atoms with Crippen molar-refractivity contribution in [1.29, 1.82) is 0 Å². The Labute approximate surface area is 79.9 Å². The highest BCUT2D eigenvalue weighted by Crippen LogP contribution is 1.96. The van der Waals surface area contributed by atoms with Crippen LogP contribution in [0.15, 0.2) is 0 Å². The van der Waals surface area contributed by atoms with Crippen molar-refractivity contribution in [2.75, 3.05) is 6.54 Å². The largest absolute Gasteiger partial charge is 0.480 e. The number of primary amides is 1. The van der Waals surface area contributed by atoms with Gasteiger partial charge in [0.1, 0.15) is 6.04 Å².